The minimum atomic E-state index is -5.60. The van der Waals surface area contributed by atoms with Crippen molar-refractivity contribution in [2.45, 2.75) is 82.9 Å². The molecule has 1 aliphatic rings. The average molecular weight is 667 g/mol. The second-order valence-corrected chi connectivity index (χ2v) is 14.5. The van der Waals surface area contributed by atoms with Gasteiger partial charge >= 0.3 is 17.8 Å². The number of alkyl halides is 7. The molecule has 0 saturated carbocycles. The zero-order chi connectivity index (χ0) is 32.0. The lowest BCUT2D eigenvalue weighted by Crippen LogP contribution is -2.48. The fraction of sp³-hybridized carbons (Fsp3) is 0.371. The Kier molecular flexibility index (Phi) is 9.20. The molecule has 0 saturated heterocycles. The van der Waals surface area contributed by atoms with Gasteiger partial charge in [-0.05, 0) is 85.0 Å². The summed E-state index contributed by atoms with van der Waals surface area (Å²) in [6.07, 6.45) is 4.27. The molecule has 44 heavy (non-hydrogen) atoms. The summed E-state index contributed by atoms with van der Waals surface area (Å²) in [5.74, 6) is -15.8. The first-order valence-corrected chi connectivity index (χ1v) is 16.7. The van der Waals surface area contributed by atoms with Crippen LogP contribution in [-0.4, -0.2) is 23.1 Å². The first kappa shape index (κ1) is 32.8. The van der Waals surface area contributed by atoms with Gasteiger partial charge in [0.15, 0.2) is 0 Å². The van der Waals surface area contributed by atoms with Crippen molar-refractivity contribution >= 4 is 45.4 Å². The zero-order valence-electron chi connectivity index (χ0n) is 24.8. The molecule has 4 aromatic rings. The summed E-state index contributed by atoms with van der Waals surface area (Å²) in [5.41, 5.74) is 0.392. The number of allylic oxidation sites excluding steroid dienone is 2. The van der Waals surface area contributed by atoms with Crippen molar-refractivity contribution in [3.05, 3.63) is 92.7 Å². The maximum Gasteiger partial charge on any atom is 0.380 e. The van der Waals surface area contributed by atoms with Crippen LogP contribution in [0.3, 0.4) is 0 Å². The van der Waals surface area contributed by atoms with Crippen LogP contribution < -0.4 is 0 Å². The summed E-state index contributed by atoms with van der Waals surface area (Å²) < 4.78 is 92.6. The van der Waals surface area contributed by atoms with E-state index in [-0.39, 0.29) is 26.3 Å². The van der Waals surface area contributed by atoms with Crippen LogP contribution in [0.2, 0.25) is 0 Å². The average Bonchev–Trinajstić information content (AvgIpc) is 3.59. The lowest BCUT2D eigenvalue weighted by molar-refractivity contribution is -0.254. The lowest BCUT2D eigenvalue weighted by atomic mass is 9.94. The largest absolute Gasteiger partial charge is 0.380 e. The third-order valence-electron chi connectivity index (χ3n) is 8.25. The molecule has 9 heteroatoms. The Labute approximate surface area is 267 Å². The van der Waals surface area contributed by atoms with Gasteiger partial charge in [-0.1, -0.05) is 68.8 Å². The van der Waals surface area contributed by atoms with Gasteiger partial charge in [-0.15, -0.1) is 34.3 Å². The lowest BCUT2D eigenvalue weighted by Gasteiger charge is -2.25. The fourth-order valence-corrected chi connectivity index (χ4v) is 7.84. The molecular formula is C35H33ClF6S2. The first-order valence-electron chi connectivity index (χ1n) is 14.7. The third kappa shape index (κ3) is 5.67. The third-order valence-corrected chi connectivity index (χ3v) is 11.0. The van der Waals surface area contributed by atoms with Gasteiger partial charge in [-0.3, -0.25) is 0 Å². The topological polar surface area (TPSA) is 0 Å². The number of aryl methyl sites for hydroxylation is 4. The summed E-state index contributed by atoms with van der Waals surface area (Å²) in [7, 11) is 0. The minimum absolute atomic E-state index is 0.0678. The summed E-state index contributed by atoms with van der Waals surface area (Å²) in [6.45, 7) is 7.08. The molecule has 0 nitrogen and oxygen atoms in total. The first-order chi connectivity index (χ1) is 20.7. The molecule has 0 N–H and O–H groups in total. The van der Waals surface area contributed by atoms with E-state index in [1.807, 2.05) is 55.5 Å². The fourth-order valence-electron chi connectivity index (χ4n) is 5.67. The normalized spacial score (nSPS) is 17.8. The van der Waals surface area contributed by atoms with Crippen LogP contribution in [0, 0.1) is 13.8 Å². The Hall–Kier alpha value is -2.55. The highest BCUT2D eigenvalue weighted by atomic mass is 35.5. The highest BCUT2D eigenvalue weighted by Crippen LogP contribution is 2.66. The molecule has 0 aliphatic heterocycles. The summed E-state index contributed by atoms with van der Waals surface area (Å²) >= 11 is 8.47. The Morgan fingerprint density at radius 2 is 1.07 bits per heavy atom. The van der Waals surface area contributed by atoms with Gasteiger partial charge in [-0.2, -0.15) is 26.3 Å². The van der Waals surface area contributed by atoms with E-state index in [9.17, 15) is 0 Å². The Morgan fingerprint density at radius 3 is 1.45 bits per heavy atom. The van der Waals surface area contributed by atoms with Gasteiger partial charge in [0.25, 0.3) is 0 Å². The van der Waals surface area contributed by atoms with Gasteiger partial charge in [0.05, 0.1) is 0 Å². The predicted octanol–water partition coefficient (Wildman–Crippen LogP) is 12.5. The van der Waals surface area contributed by atoms with Gasteiger partial charge < -0.3 is 0 Å². The molecule has 0 amide bonds. The SMILES string of the molecule is CCCc1ccc(-c2cc(C3=C(c4cc(-c5ccc(CCC(Cl)CC)cc5)sc4C)C(F)(F)C(F)(F)C3(F)F)c(C)s2)cc1. The van der Waals surface area contributed by atoms with Gasteiger partial charge in [-0.25, -0.2) is 0 Å². The van der Waals surface area contributed by atoms with Crippen LogP contribution >= 0.6 is 34.3 Å². The van der Waals surface area contributed by atoms with Gasteiger partial charge in [0.1, 0.15) is 0 Å². The summed E-state index contributed by atoms with van der Waals surface area (Å²) in [6, 6.07) is 17.7. The molecule has 0 spiro atoms. The van der Waals surface area contributed by atoms with Crippen molar-refractivity contribution in [1.82, 2.24) is 0 Å². The van der Waals surface area contributed by atoms with Crippen LogP contribution in [0.4, 0.5) is 26.3 Å². The molecular weight excluding hydrogens is 634 g/mol. The number of halogens is 7. The number of thiophene rings is 2. The van der Waals surface area contributed by atoms with Crippen LogP contribution in [0.1, 0.15) is 65.1 Å². The van der Waals surface area contributed by atoms with Crippen molar-refractivity contribution in [2.75, 3.05) is 0 Å². The summed E-state index contributed by atoms with van der Waals surface area (Å²) in [5, 5.41) is 0.0678. The van der Waals surface area contributed by atoms with Crippen molar-refractivity contribution < 1.29 is 26.3 Å². The van der Waals surface area contributed by atoms with Crippen molar-refractivity contribution in [1.29, 1.82) is 0 Å². The van der Waals surface area contributed by atoms with Crippen molar-refractivity contribution in [3.8, 4) is 20.9 Å². The maximum absolute atomic E-state index is 15.6. The van der Waals surface area contributed by atoms with E-state index >= 15 is 26.3 Å². The molecule has 2 aromatic heterocycles. The van der Waals surface area contributed by atoms with Crippen molar-refractivity contribution in [3.63, 3.8) is 0 Å². The molecule has 0 fully saturated rings. The Balaban J connectivity index is 1.60. The van der Waals surface area contributed by atoms with Gasteiger partial charge in [0, 0.05) is 36.0 Å². The molecule has 234 valence electrons. The second-order valence-electron chi connectivity index (χ2n) is 11.3. The van der Waals surface area contributed by atoms with E-state index < -0.39 is 28.9 Å². The van der Waals surface area contributed by atoms with E-state index in [2.05, 4.69) is 6.92 Å². The molecule has 1 atom stereocenters. The van der Waals surface area contributed by atoms with Gasteiger partial charge in [0.2, 0.25) is 0 Å². The Bertz CT molecular complexity index is 1660. The molecule has 2 aromatic carbocycles. The quantitative estimate of drug-likeness (QED) is 0.117. The van der Waals surface area contributed by atoms with E-state index in [1.165, 1.54) is 26.0 Å². The molecule has 2 heterocycles. The number of hydrogen-bond acceptors (Lipinski definition) is 2. The van der Waals surface area contributed by atoms with E-state index in [0.717, 1.165) is 65.9 Å². The highest BCUT2D eigenvalue weighted by molar-refractivity contribution is 7.16. The van der Waals surface area contributed by atoms with Crippen LogP contribution in [-0.2, 0) is 12.8 Å². The smallest absolute Gasteiger partial charge is 0.194 e. The summed E-state index contributed by atoms with van der Waals surface area (Å²) in [4.78, 5) is 1.61. The number of hydrogen-bond donors (Lipinski definition) is 0. The Morgan fingerprint density at radius 1 is 0.659 bits per heavy atom. The van der Waals surface area contributed by atoms with E-state index in [0.29, 0.717) is 20.9 Å². The molecule has 1 unspecified atom stereocenters. The van der Waals surface area contributed by atoms with Crippen molar-refractivity contribution in [2.24, 2.45) is 0 Å². The monoisotopic (exact) mass is 666 g/mol. The van der Waals surface area contributed by atoms with Crippen LogP contribution in [0.25, 0.3) is 32.0 Å². The molecule has 0 radical (unpaired) electrons. The standard InChI is InChI=1S/C35H33ClF6S2/c1-5-7-22-8-13-24(14-9-22)29-18-27(20(3)43-29)31-32(34(39,40)35(41,42)33(31,37)38)28-19-30(44-21(28)4)25-15-10-23(11-16-25)12-17-26(36)6-2/h8-11,13-16,18-19,26H,5-7,12,17H2,1-4H3. The zero-order valence-corrected chi connectivity index (χ0v) is 27.2. The maximum atomic E-state index is 15.6. The second kappa shape index (κ2) is 12.3. The van der Waals surface area contributed by atoms with E-state index in [1.54, 1.807) is 0 Å². The molecule has 1 aliphatic carbocycles. The predicted molar refractivity (Wildman–Crippen MR) is 173 cm³/mol. The number of rotatable bonds is 10. The van der Waals surface area contributed by atoms with E-state index in [4.69, 9.17) is 11.6 Å². The van der Waals surface area contributed by atoms with Crippen LogP contribution in [0.15, 0.2) is 60.7 Å². The molecule has 5 rings (SSSR count). The molecule has 0 bridgehead atoms. The minimum Gasteiger partial charge on any atom is -0.194 e. The van der Waals surface area contributed by atoms with Crippen LogP contribution in [0.5, 0.6) is 0 Å². The highest BCUT2D eigenvalue weighted by Gasteiger charge is 2.80. The number of benzene rings is 2.